The quantitative estimate of drug-likeness (QED) is 0.510. The molecule has 3 rings (SSSR count). The molecule has 3 aromatic rings. The third-order valence-electron chi connectivity index (χ3n) is 3.88. The molecule has 0 aliphatic heterocycles. The first kappa shape index (κ1) is 21.3. The van der Waals surface area contributed by atoms with Crippen molar-refractivity contribution in [2.24, 2.45) is 0 Å². The molecule has 1 N–H and O–H groups in total. The average molecular weight is 440 g/mol. The molecule has 0 radical (unpaired) electrons. The van der Waals surface area contributed by atoms with Gasteiger partial charge in [0.25, 0.3) is 21.0 Å². The van der Waals surface area contributed by atoms with Gasteiger partial charge in [0.15, 0.2) is 0 Å². The van der Waals surface area contributed by atoms with Crippen molar-refractivity contribution >= 4 is 33.1 Å². The molecule has 2 heterocycles. The number of rotatable bonds is 9. The van der Waals surface area contributed by atoms with Gasteiger partial charge in [-0.15, -0.1) is 5.10 Å². The number of aryl methyl sites for hydroxylation is 2. The number of benzene rings is 1. The first-order valence-corrected chi connectivity index (χ1v) is 10.9. The lowest BCUT2D eigenvalue weighted by atomic mass is 10.3. The standard InChI is InChI=1S/C18H22ClN5O4S/c1-4-8-27-9-10-28-15-7-5-6-14(19)16(15)23-29(25,26)18-21-17-20-12(2)11-13(3)24(17)22-18/h5-7,11,23H,4,8-10H2,1-3H3. The van der Waals surface area contributed by atoms with Gasteiger partial charge in [0.1, 0.15) is 18.0 Å². The molecular formula is C18H22ClN5O4S. The average Bonchev–Trinajstić information content (AvgIpc) is 3.09. The van der Waals surface area contributed by atoms with Crippen molar-refractivity contribution in [2.75, 3.05) is 24.5 Å². The highest BCUT2D eigenvalue weighted by Gasteiger charge is 2.24. The van der Waals surface area contributed by atoms with Crippen LogP contribution < -0.4 is 9.46 Å². The Kier molecular flexibility index (Phi) is 6.56. The number of nitrogens with one attached hydrogen (secondary N) is 1. The van der Waals surface area contributed by atoms with Gasteiger partial charge in [0.05, 0.1) is 11.6 Å². The van der Waals surface area contributed by atoms with Gasteiger partial charge in [-0.2, -0.15) is 13.4 Å². The lowest BCUT2D eigenvalue weighted by Gasteiger charge is -2.14. The molecule has 11 heteroatoms. The molecule has 156 valence electrons. The zero-order valence-corrected chi connectivity index (χ0v) is 17.9. The van der Waals surface area contributed by atoms with Crippen molar-refractivity contribution in [3.63, 3.8) is 0 Å². The van der Waals surface area contributed by atoms with Crippen LogP contribution in [0.3, 0.4) is 0 Å². The molecule has 0 unspecified atom stereocenters. The Hall–Kier alpha value is -2.43. The molecule has 0 aliphatic rings. The van der Waals surface area contributed by atoms with Crippen LogP contribution in [0.5, 0.6) is 5.75 Å². The first-order valence-electron chi connectivity index (χ1n) is 9.04. The highest BCUT2D eigenvalue weighted by molar-refractivity contribution is 7.92. The van der Waals surface area contributed by atoms with Crippen LogP contribution in [0.25, 0.3) is 5.78 Å². The Bertz CT molecular complexity index is 1120. The Labute approximate surface area is 174 Å². The predicted molar refractivity (Wildman–Crippen MR) is 109 cm³/mol. The van der Waals surface area contributed by atoms with Gasteiger partial charge in [-0.05, 0) is 38.5 Å². The SMILES string of the molecule is CCCOCCOc1cccc(Cl)c1NS(=O)(=O)c1nc2nc(C)cc(C)n2n1. The maximum Gasteiger partial charge on any atom is 0.299 e. The van der Waals surface area contributed by atoms with E-state index in [2.05, 4.69) is 19.8 Å². The number of ether oxygens (including phenoxy) is 2. The van der Waals surface area contributed by atoms with Gasteiger partial charge >= 0.3 is 0 Å². The van der Waals surface area contributed by atoms with Crippen LogP contribution in [0.1, 0.15) is 24.7 Å². The zero-order valence-electron chi connectivity index (χ0n) is 16.3. The minimum Gasteiger partial charge on any atom is -0.489 e. The molecule has 29 heavy (non-hydrogen) atoms. The molecule has 0 spiro atoms. The van der Waals surface area contributed by atoms with E-state index in [4.69, 9.17) is 21.1 Å². The van der Waals surface area contributed by atoms with Crippen LogP contribution in [-0.2, 0) is 14.8 Å². The van der Waals surface area contributed by atoms with Gasteiger partial charge in [-0.25, -0.2) is 9.50 Å². The largest absolute Gasteiger partial charge is 0.489 e. The molecule has 0 aliphatic carbocycles. The van der Waals surface area contributed by atoms with E-state index < -0.39 is 15.2 Å². The van der Waals surface area contributed by atoms with Crippen LogP contribution >= 0.6 is 11.6 Å². The Balaban J connectivity index is 1.86. The maximum absolute atomic E-state index is 12.9. The smallest absolute Gasteiger partial charge is 0.299 e. The summed E-state index contributed by atoms with van der Waals surface area (Å²) in [4.78, 5) is 8.25. The van der Waals surface area contributed by atoms with Crippen molar-refractivity contribution in [1.82, 2.24) is 19.6 Å². The number of anilines is 1. The second-order valence-corrected chi connectivity index (χ2v) is 8.31. The van der Waals surface area contributed by atoms with E-state index in [-0.39, 0.29) is 28.8 Å². The zero-order chi connectivity index (χ0) is 21.0. The topological polar surface area (TPSA) is 108 Å². The van der Waals surface area contributed by atoms with Crippen LogP contribution in [0.15, 0.2) is 29.4 Å². The first-order chi connectivity index (χ1) is 13.8. The van der Waals surface area contributed by atoms with Crippen molar-refractivity contribution in [3.05, 3.63) is 40.7 Å². The van der Waals surface area contributed by atoms with E-state index in [1.54, 1.807) is 38.1 Å². The summed E-state index contributed by atoms with van der Waals surface area (Å²) >= 11 is 6.21. The number of para-hydroxylation sites is 1. The summed E-state index contributed by atoms with van der Waals surface area (Å²) in [6.45, 7) is 6.86. The summed E-state index contributed by atoms with van der Waals surface area (Å²) in [5.74, 6) is 0.488. The van der Waals surface area contributed by atoms with E-state index in [0.29, 0.717) is 18.9 Å². The fraction of sp³-hybridized carbons (Fsp3) is 0.389. The highest BCUT2D eigenvalue weighted by Crippen LogP contribution is 2.33. The van der Waals surface area contributed by atoms with Crippen LogP contribution in [0.4, 0.5) is 5.69 Å². The van der Waals surface area contributed by atoms with E-state index in [1.165, 1.54) is 4.52 Å². The highest BCUT2D eigenvalue weighted by atomic mass is 35.5. The van der Waals surface area contributed by atoms with Crippen LogP contribution in [0, 0.1) is 13.8 Å². The number of sulfonamides is 1. The second-order valence-electron chi connectivity index (χ2n) is 6.32. The number of aromatic nitrogens is 4. The number of fused-ring (bicyclic) bond motifs is 1. The number of nitrogens with zero attached hydrogens (tertiary/aromatic N) is 4. The third kappa shape index (κ3) is 4.95. The fourth-order valence-electron chi connectivity index (χ4n) is 2.62. The summed E-state index contributed by atoms with van der Waals surface area (Å²) in [6, 6.07) is 6.63. The fourth-order valence-corrected chi connectivity index (χ4v) is 3.85. The van der Waals surface area contributed by atoms with Gasteiger partial charge < -0.3 is 9.47 Å². The lowest BCUT2D eigenvalue weighted by Crippen LogP contribution is -2.16. The summed E-state index contributed by atoms with van der Waals surface area (Å²) in [7, 11) is -4.12. The molecule has 0 atom stereocenters. The molecule has 1 aromatic carbocycles. The van der Waals surface area contributed by atoms with Gasteiger partial charge in [-0.1, -0.05) is 24.6 Å². The van der Waals surface area contributed by atoms with Crippen LogP contribution in [0.2, 0.25) is 5.02 Å². The van der Waals surface area contributed by atoms with E-state index in [1.807, 2.05) is 6.92 Å². The molecule has 0 saturated carbocycles. The normalized spacial score (nSPS) is 11.7. The minimum atomic E-state index is -4.12. The third-order valence-corrected chi connectivity index (χ3v) is 5.33. The lowest BCUT2D eigenvalue weighted by molar-refractivity contribution is 0.101. The Morgan fingerprint density at radius 2 is 1.97 bits per heavy atom. The molecule has 9 nitrogen and oxygen atoms in total. The van der Waals surface area contributed by atoms with Gasteiger partial charge in [-0.3, -0.25) is 4.72 Å². The van der Waals surface area contributed by atoms with Gasteiger partial charge in [0, 0.05) is 18.0 Å². The summed E-state index contributed by atoms with van der Waals surface area (Å²) in [6.07, 6.45) is 0.905. The second kappa shape index (κ2) is 8.93. The van der Waals surface area contributed by atoms with Crippen LogP contribution in [-0.4, -0.2) is 47.8 Å². The Morgan fingerprint density at radius 3 is 2.72 bits per heavy atom. The van der Waals surface area contributed by atoms with Crippen molar-refractivity contribution in [1.29, 1.82) is 0 Å². The summed E-state index contributed by atoms with van der Waals surface area (Å²) in [5.41, 5.74) is 1.55. The molecular weight excluding hydrogens is 418 g/mol. The van der Waals surface area contributed by atoms with E-state index in [0.717, 1.165) is 12.1 Å². The molecule has 0 saturated heterocycles. The number of hydrogen-bond acceptors (Lipinski definition) is 7. The van der Waals surface area contributed by atoms with E-state index in [9.17, 15) is 8.42 Å². The Morgan fingerprint density at radius 1 is 1.17 bits per heavy atom. The van der Waals surface area contributed by atoms with Crippen molar-refractivity contribution in [3.8, 4) is 5.75 Å². The summed E-state index contributed by atoms with van der Waals surface area (Å²) in [5, 5.41) is 3.85. The van der Waals surface area contributed by atoms with Crippen molar-refractivity contribution < 1.29 is 17.9 Å². The number of hydrogen-bond donors (Lipinski definition) is 1. The molecule has 0 bridgehead atoms. The number of halogens is 1. The maximum atomic E-state index is 12.9. The summed E-state index contributed by atoms with van der Waals surface area (Å²) < 4.78 is 40.6. The predicted octanol–water partition coefficient (Wildman–Crippen LogP) is 3.00. The molecule has 0 fully saturated rings. The molecule has 2 aromatic heterocycles. The minimum absolute atomic E-state index is 0.115. The van der Waals surface area contributed by atoms with E-state index >= 15 is 0 Å². The van der Waals surface area contributed by atoms with Gasteiger partial charge in [0.2, 0.25) is 0 Å². The molecule has 0 amide bonds. The van der Waals surface area contributed by atoms with Crippen molar-refractivity contribution in [2.45, 2.75) is 32.3 Å². The monoisotopic (exact) mass is 439 g/mol.